The first-order valence-electron chi connectivity index (χ1n) is 8.68. The first-order chi connectivity index (χ1) is 13.6. The average molecular weight is 438 g/mol. The number of hydrogen-bond donors (Lipinski definition) is 1. The van der Waals surface area contributed by atoms with Gasteiger partial charge in [0.2, 0.25) is 0 Å². The third-order valence-electron chi connectivity index (χ3n) is 4.66. The number of rotatable bonds is 4. The van der Waals surface area contributed by atoms with Gasteiger partial charge in [-0.1, -0.05) is 58.4 Å². The van der Waals surface area contributed by atoms with E-state index in [1.165, 1.54) is 11.2 Å². The molecule has 0 bridgehead atoms. The van der Waals surface area contributed by atoms with Gasteiger partial charge in [-0.05, 0) is 29.8 Å². The molecule has 6 heteroatoms. The number of carbonyl (C=O) groups is 2. The second-order valence-corrected chi connectivity index (χ2v) is 7.34. The summed E-state index contributed by atoms with van der Waals surface area (Å²) in [5.41, 5.74) is 1.27. The molecule has 1 unspecified atom stereocenters. The van der Waals surface area contributed by atoms with Gasteiger partial charge in [-0.25, -0.2) is 0 Å². The standard InChI is InChI=1S/C22H16BrNO4/c23-16-9-4-8-15(12-16)19-18(20(25)14-6-2-1-3-7-14)21(26)22(27)24(19)13-17-10-5-11-28-17/h1-12,19,25H,13H2/b20-18+. The van der Waals surface area contributed by atoms with Gasteiger partial charge in [0.15, 0.2) is 0 Å². The maximum Gasteiger partial charge on any atom is 0.296 e. The third kappa shape index (κ3) is 3.27. The monoisotopic (exact) mass is 437 g/mol. The van der Waals surface area contributed by atoms with E-state index in [1.54, 1.807) is 36.4 Å². The van der Waals surface area contributed by atoms with Gasteiger partial charge in [-0.15, -0.1) is 0 Å². The minimum absolute atomic E-state index is 0.0702. The molecule has 1 aliphatic heterocycles. The summed E-state index contributed by atoms with van der Waals surface area (Å²) in [4.78, 5) is 27.1. The van der Waals surface area contributed by atoms with Gasteiger partial charge < -0.3 is 14.4 Å². The number of aliphatic hydroxyl groups is 1. The number of hydrogen-bond acceptors (Lipinski definition) is 4. The Kier molecular flexibility index (Phi) is 4.88. The lowest BCUT2D eigenvalue weighted by Crippen LogP contribution is -2.29. The van der Waals surface area contributed by atoms with E-state index in [4.69, 9.17) is 4.42 Å². The van der Waals surface area contributed by atoms with Gasteiger partial charge >= 0.3 is 0 Å². The molecule has 1 atom stereocenters. The molecule has 2 heterocycles. The zero-order valence-corrected chi connectivity index (χ0v) is 16.3. The van der Waals surface area contributed by atoms with E-state index >= 15 is 0 Å². The largest absolute Gasteiger partial charge is 0.507 e. The van der Waals surface area contributed by atoms with E-state index in [0.717, 1.165) is 10.0 Å². The van der Waals surface area contributed by atoms with Crippen LogP contribution in [-0.4, -0.2) is 21.7 Å². The van der Waals surface area contributed by atoms with Crippen molar-refractivity contribution in [1.29, 1.82) is 0 Å². The highest BCUT2D eigenvalue weighted by molar-refractivity contribution is 9.10. The van der Waals surface area contributed by atoms with E-state index in [-0.39, 0.29) is 17.9 Å². The van der Waals surface area contributed by atoms with Gasteiger partial charge in [-0.3, -0.25) is 9.59 Å². The summed E-state index contributed by atoms with van der Waals surface area (Å²) in [7, 11) is 0. The Morgan fingerprint density at radius 3 is 2.50 bits per heavy atom. The molecule has 0 aliphatic carbocycles. The van der Waals surface area contributed by atoms with Crippen molar-refractivity contribution in [3.8, 4) is 0 Å². The van der Waals surface area contributed by atoms with Crippen molar-refractivity contribution in [2.24, 2.45) is 0 Å². The zero-order chi connectivity index (χ0) is 19.7. The molecule has 0 spiro atoms. The third-order valence-corrected chi connectivity index (χ3v) is 5.15. The first kappa shape index (κ1) is 18.3. The lowest BCUT2D eigenvalue weighted by Gasteiger charge is -2.24. The van der Waals surface area contributed by atoms with Crippen LogP contribution in [0.3, 0.4) is 0 Å². The van der Waals surface area contributed by atoms with E-state index in [2.05, 4.69) is 15.9 Å². The van der Waals surface area contributed by atoms with Crippen molar-refractivity contribution in [3.63, 3.8) is 0 Å². The molecule has 5 nitrogen and oxygen atoms in total. The first-order valence-corrected chi connectivity index (χ1v) is 9.47. The lowest BCUT2D eigenvalue weighted by molar-refractivity contribution is -0.140. The van der Waals surface area contributed by atoms with Gasteiger partial charge in [-0.2, -0.15) is 0 Å². The zero-order valence-electron chi connectivity index (χ0n) is 14.7. The number of aliphatic hydroxyl groups excluding tert-OH is 1. The Morgan fingerprint density at radius 2 is 1.82 bits per heavy atom. The van der Waals surface area contributed by atoms with Crippen molar-refractivity contribution >= 4 is 33.4 Å². The number of amides is 1. The van der Waals surface area contributed by atoms with E-state index in [0.29, 0.717) is 11.3 Å². The number of furan rings is 1. The van der Waals surface area contributed by atoms with Crippen molar-refractivity contribution in [2.75, 3.05) is 0 Å². The summed E-state index contributed by atoms with van der Waals surface area (Å²) in [5, 5.41) is 10.9. The molecule has 2 aromatic carbocycles. The Hall–Kier alpha value is -3.12. The SMILES string of the molecule is O=C1C(=O)N(Cc2ccco2)C(c2cccc(Br)c2)/C1=C(\O)c1ccccc1. The maximum absolute atomic E-state index is 12.9. The highest BCUT2D eigenvalue weighted by atomic mass is 79.9. The van der Waals surface area contributed by atoms with Crippen molar-refractivity contribution in [1.82, 2.24) is 4.90 Å². The van der Waals surface area contributed by atoms with Crippen LogP contribution in [0.4, 0.5) is 0 Å². The molecule has 1 N–H and O–H groups in total. The molecule has 0 radical (unpaired) electrons. The predicted molar refractivity (Wildman–Crippen MR) is 107 cm³/mol. The van der Waals surface area contributed by atoms with Crippen LogP contribution in [0.15, 0.2) is 87.5 Å². The van der Waals surface area contributed by atoms with Gasteiger partial charge in [0.25, 0.3) is 11.7 Å². The summed E-state index contributed by atoms with van der Waals surface area (Å²) >= 11 is 3.44. The van der Waals surface area contributed by atoms with Crippen LogP contribution in [0.2, 0.25) is 0 Å². The number of ketones is 1. The Bertz CT molecular complexity index is 1060. The van der Waals surface area contributed by atoms with Crippen LogP contribution in [-0.2, 0) is 16.1 Å². The number of nitrogens with zero attached hydrogens (tertiary/aromatic N) is 1. The molecule has 1 aromatic heterocycles. The number of carbonyl (C=O) groups excluding carboxylic acids is 2. The molecule has 140 valence electrons. The quantitative estimate of drug-likeness (QED) is 0.365. The van der Waals surface area contributed by atoms with Crippen LogP contribution in [0, 0.1) is 0 Å². The fourth-order valence-electron chi connectivity index (χ4n) is 3.39. The Balaban J connectivity index is 1.88. The summed E-state index contributed by atoms with van der Waals surface area (Å²) < 4.78 is 6.19. The van der Waals surface area contributed by atoms with Crippen LogP contribution >= 0.6 is 15.9 Å². The maximum atomic E-state index is 12.9. The topological polar surface area (TPSA) is 70.8 Å². The smallest absolute Gasteiger partial charge is 0.296 e. The van der Waals surface area contributed by atoms with E-state index in [1.807, 2.05) is 30.3 Å². The number of Topliss-reactive ketones (excluding diaryl/α,β-unsaturated/α-hetero) is 1. The summed E-state index contributed by atoms with van der Waals surface area (Å²) in [5.74, 6) is -1.01. The molecule has 3 aromatic rings. The predicted octanol–water partition coefficient (Wildman–Crippen LogP) is 4.66. The molecule has 1 saturated heterocycles. The highest BCUT2D eigenvalue weighted by Crippen LogP contribution is 2.40. The average Bonchev–Trinajstić information content (AvgIpc) is 3.30. The van der Waals surface area contributed by atoms with Crippen LogP contribution in [0.5, 0.6) is 0 Å². The second-order valence-electron chi connectivity index (χ2n) is 6.43. The lowest BCUT2D eigenvalue weighted by atomic mass is 9.95. The molecule has 0 saturated carbocycles. The number of benzene rings is 2. The van der Waals surface area contributed by atoms with Crippen LogP contribution in [0.1, 0.15) is 22.9 Å². The van der Waals surface area contributed by atoms with Crippen molar-refractivity contribution in [3.05, 3.63) is 99.9 Å². The molecule has 1 amide bonds. The Morgan fingerprint density at radius 1 is 1.04 bits per heavy atom. The minimum Gasteiger partial charge on any atom is -0.507 e. The van der Waals surface area contributed by atoms with Gasteiger partial charge in [0.05, 0.1) is 24.4 Å². The molecular formula is C22H16BrNO4. The van der Waals surface area contributed by atoms with Crippen LogP contribution < -0.4 is 0 Å². The fraction of sp³-hybridized carbons (Fsp3) is 0.0909. The van der Waals surface area contributed by atoms with Crippen LogP contribution in [0.25, 0.3) is 5.76 Å². The summed E-state index contributed by atoms with van der Waals surface area (Å²) in [6, 6.07) is 18.9. The van der Waals surface area contributed by atoms with E-state index in [9.17, 15) is 14.7 Å². The molecular weight excluding hydrogens is 422 g/mol. The normalized spacial score (nSPS) is 18.6. The highest BCUT2D eigenvalue weighted by Gasteiger charge is 2.46. The van der Waals surface area contributed by atoms with Crippen molar-refractivity contribution < 1.29 is 19.1 Å². The van der Waals surface area contributed by atoms with Gasteiger partial charge in [0.1, 0.15) is 11.5 Å². The minimum atomic E-state index is -0.720. The number of halogens is 1. The summed E-state index contributed by atoms with van der Waals surface area (Å²) in [6.07, 6.45) is 1.52. The fourth-order valence-corrected chi connectivity index (χ4v) is 3.81. The molecule has 4 rings (SSSR count). The molecule has 28 heavy (non-hydrogen) atoms. The summed E-state index contributed by atoms with van der Waals surface area (Å²) in [6.45, 7) is 0.125. The molecule has 1 aliphatic rings. The van der Waals surface area contributed by atoms with E-state index < -0.39 is 17.7 Å². The number of likely N-dealkylation sites (tertiary alicyclic amines) is 1. The second kappa shape index (κ2) is 7.48. The molecule has 1 fully saturated rings. The van der Waals surface area contributed by atoms with Crippen molar-refractivity contribution in [2.45, 2.75) is 12.6 Å². The van der Waals surface area contributed by atoms with Gasteiger partial charge in [0, 0.05) is 10.0 Å². The Labute approximate surface area is 170 Å².